The van der Waals surface area contributed by atoms with Gasteiger partial charge in [-0.1, -0.05) is 182 Å². The lowest BCUT2D eigenvalue weighted by Gasteiger charge is -2.39. The maximum Gasteiger partial charge on any atom is -0.0122 e. The van der Waals surface area contributed by atoms with E-state index in [4.69, 9.17) is 0 Å². The van der Waals surface area contributed by atoms with E-state index in [1.54, 1.807) is 0 Å². The third-order valence-corrected chi connectivity index (χ3v) is 9.67. The fourth-order valence-corrected chi connectivity index (χ4v) is 6.81. The van der Waals surface area contributed by atoms with Crippen molar-refractivity contribution in [3.8, 4) is 0 Å². The minimum Gasteiger partial charge on any atom is -0.131 e. The van der Waals surface area contributed by atoms with Crippen molar-refractivity contribution in [1.82, 2.24) is 0 Å². The second kappa shape index (κ2) is 27.5. The first-order valence-electron chi connectivity index (χ1n) is 16.9. The van der Waals surface area contributed by atoms with Crippen LogP contribution in [-0.4, -0.2) is 5.16 Å². The van der Waals surface area contributed by atoms with Gasteiger partial charge in [-0.25, -0.2) is 0 Å². The minimum atomic E-state index is 0.522. The number of rotatable bonds is 29. The Hall–Kier alpha value is 0.430. The molecular weight excluding hydrogens is 439 g/mol. The molecule has 1 heteroatoms. The van der Waals surface area contributed by atoms with E-state index in [0.717, 1.165) is 5.92 Å². The SMILES string of the molecule is CCCCCCCCCCCCCCCCCC(CCCCC)C(P)(CCCCC)CCCCC. The monoisotopic (exact) mass is 511 g/mol. The zero-order valence-electron chi connectivity index (χ0n) is 25.5. The van der Waals surface area contributed by atoms with Gasteiger partial charge in [-0.2, -0.15) is 0 Å². The van der Waals surface area contributed by atoms with Crippen LogP contribution >= 0.6 is 9.24 Å². The molecular formula is C34H71P. The van der Waals surface area contributed by atoms with Crippen LogP contribution in [0.2, 0.25) is 0 Å². The summed E-state index contributed by atoms with van der Waals surface area (Å²) in [6.45, 7) is 9.39. The summed E-state index contributed by atoms with van der Waals surface area (Å²) in [5.41, 5.74) is 0. The van der Waals surface area contributed by atoms with E-state index in [1.165, 1.54) is 180 Å². The highest BCUT2D eigenvalue weighted by Crippen LogP contribution is 2.43. The summed E-state index contributed by atoms with van der Waals surface area (Å²) >= 11 is 0. The van der Waals surface area contributed by atoms with Gasteiger partial charge in [-0.15, -0.1) is 9.24 Å². The van der Waals surface area contributed by atoms with Crippen LogP contribution in [0.5, 0.6) is 0 Å². The fraction of sp³-hybridized carbons (Fsp3) is 1.00. The Morgan fingerprint density at radius 2 is 0.629 bits per heavy atom. The minimum absolute atomic E-state index is 0.522. The molecule has 0 N–H and O–H groups in total. The molecule has 0 aliphatic rings. The van der Waals surface area contributed by atoms with Gasteiger partial charge in [0.1, 0.15) is 0 Å². The van der Waals surface area contributed by atoms with Gasteiger partial charge in [0, 0.05) is 0 Å². The van der Waals surface area contributed by atoms with Gasteiger partial charge in [-0.3, -0.25) is 0 Å². The quantitative estimate of drug-likeness (QED) is 0.0693. The van der Waals surface area contributed by atoms with Crippen molar-refractivity contribution >= 4 is 9.24 Å². The largest absolute Gasteiger partial charge is 0.131 e. The topological polar surface area (TPSA) is 0 Å². The Kier molecular flexibility index (Phi) is 27.8. The molecule has 0 aromatic carbocycles. The first kappa shape index (κ1) is 35.4. The molecule has 0 aliphatic carbocycles. The summed E-state index contributed by atoms with van der Waals surface area (Å²) in [5, 5.41) is 0.522. The van der Waals surface area contributed by atoms with Crippen LogP contribution in [0.3, 0.4) is 0 Å². The molecule has 0 aromatic heterocycles. The van der Waals surface area contributed by atoms with Gasteiger partial charge in [0.25, 0.3) is 0 Å². The van der Waals surface area contributed by atoms with E-state index >= 15 is 0 Å². The van der Waals surface area contributed by atoms with Crippen molar-refractivity contribution in [3.05, 3.63) is 0 Å². The maximum absolute atomic E-state index is 3.46. The molecule has 0 nitrogen and oxygen atoms in total. The third-order valence-electron chi connectivity index (χ3n) is 8.62. The molecule has 0 aromatic rings. The molecule has 35 heavy (non-hydrogen) atoms. The van der Waals surface area contributed by atoms with Gasteiger partial charge in [0.05, 0.1) is 0 Å². The molecule has 0 rings (SSSR count). The van der Waals surface area contributed by atoms with E-state index < -0.39 is 0 Å². The van der Waals surface area contributed by atoms with Crippen LogP contribution in [0.15, 0.2) is 0 Å². The highest BCUT2D eigenvalue weighted by Gasteiger charge is 2.32. The third kappa shape index (κ3) is 22.2. The smallest absolute Gasteiger partial charge is 0.0122 e. The Morgan fingerprint density at radius 1 is 0.371 bits per heavy atom. The predicted molar refractivity (Wildman–Crippen MR) is 168 cm³/mol. The molecule has 0 heterocycles. The van der Waals surface area contributed by atoms with Crippen molar-refractivity contribution in [3.63, 3.8) is 0 Å². The molecule has 0 fully saturated rings. The maximum atomic E-state index is 3.46. The van der Waals surface area contributed by atoms with Crippen LogP contribution in [0, 0.1) is 5.92 Å². The van der Waals surface area contributed by atoms with E-state index in [2.05, 4.69) is 36.9 Å². The molecule has 2 unspecified atom stereocenters. The zero-order chi connectivity index (χ0) is 25.9. The molecule has 0 aliphatic heterocycles. The molecule has 0 spiro atoms. The lowest BCUT2D eigenvalue weighted by molar-refractivity contribution is 0.271. The normalized spacial score (nSPS) is 12.9. The lowest BCUT2D eigenvalue weighted by atomic mass is 9.77. The average Bonchev–Trinajstić information content (AvgIpc) is 2.85. The standard InChI is InChI=1S/C34H71P/c1-5-9-13-14-15-16-17-18-19-20-21-22-23-24-26-30-33(29-25-10-6-2)34(35,31-27-11-7-3)32-28-12-8-4/h33H,5-32,35H2,1-4H3. The van der Waals surface area contributed by atoms with Gasteiger partial charge in [0.2, 0.25) is 0 Å². The average molecular weight is 511 g/mol. The lowest BCUT2D eigenvalue weighted by Crippen LogP contribution is -2.32. The van der Waals surface area contributed by atoms with E-state index in [1.807, 2.05) is 0 Å². The number of hydrogen-bond acceptors (Lipinski definition) is 0. The highest BCUT2D eigenvalue weighted by molar-refractivity contribution is 7.19. The van der Waals surface area contributed by atoms with Crippen LogP contribution in [0.25, 0.3) is 0 Å². The Balaban J connectivity index is 4.14. The van der Waals surface area contributed by atoms with Crippen LogP contribution in [-0.2, 0) is 0 Å². The van der Waals surface area contributed by atoms with Gasteiger partial charge in [0.15, 0.2) is 0 Å². The van der Waals surface area contributed by atoms with Gasteiger partial charge < -0.3 is 0 Å². The van der Waals surface area contributed by atoms with Gasteiger partial charge >= 0.3 is 0 Å². The summed E-state index contributed by atoms with van der Waals surface area (Å²) in [5.74, 6) is 0.940. The van der Waals surface area contributed by atoms with E-state index in [9.17, 15) is 0 Å². The van der Waals surface area contributed by atoms with E-state index in [0.29, 0.717) is 5.16 Å². The Labute approximate surface area is 227 Å². The number of hydrogen-bond donors (Lipinski definition) is 0. The van der Waals surface area contributed by atoms with E-state index in [-0.39, 0.29) is 0 Å². The molecule has 0 amide bonds. The van der Waals surface area contributed by atoms with Gasteiger partial charge in [-0.05, 0) is 36.8 Å². The summed E-state index contributed by atoms with van der Waals surface area (Å²) in [7, 11) is 3.46. The molecule has 2 atom stereocenters. The second-order valence-electron chi connectivity index (χ2n) is 12.1. The molecule has 212 valence electrons. The first-order chi connectivity index (χ1) is 17.1. The first-order valence-corrected chi connectivity index (χ1v) is 17.5. The summed E-state index contributed by atoms with van der Waals surface area (Å²) in [6, 6.07) is 0. The van der Waals surface area contributed by atoms with Crippen molar-refractivity contribution in [2.45, 2.75) is 213 Å². The zero-order valence-corrected chi connectivity index (χ0v) is 26.6. The highest BCUT2D eigenvalue weighted by atomic mass is 31.0. The van der Waals surface area contributed by atoms with Crippen LogP contribution in [0.1, 0.15) is 207 Å². The van der Waals surface area contributed by atoms with Crippen LogP contribution in [0.4, 0.5) is 0 Å². The van der Waals surface area contributed by atoms with Crippen molar-refractivity contribution < 1.29 is 0 Å². The molecule has 0 bridgehead atoms. The summed E-state index contributed by atoms with van der Waals surface area (Å²) < 4.78 is 0. The Morgan fingerprint density at radius 3 is 1.00 bits per heavy atom. The summed E-state index contributed by atoms with van der Waals surface area (Å²) in [4.78, 5) is 0. The number of unbranched alkanes of at least 4 members (excludes halogenated alkanes) is 20. The predicted octanol–water partition coefficient (Wildman–Crippen LogP) is 13.2. The summed E-state index contributed by atoms with van der Waals surface area (Å²) in [6.07, 6.45) is 40.6. The fourth-order valence-electron chi connectivity index (χ4n) is 6.06. The molecule has 0 saturated carbocycles. The van der Waals surface area contributed by atoms with Crippen molar-refractivity contribution in [2.75, 3.05) is 0 Å². The van der Waals surface area contributed by atoms with Crippen molar-refractivity contribution in [1.29, 1.82) is 0 Å². The second-order valence-corrected chi connectivity index (χ2v) is 13.2. The molecule has 0 radical (unpaired) electrons. The van der Waals surface area contributed by atoms with Crippen molar-refractivity contribution in [2.24, 2.45) is 5.92 Å². The Bertz CT molecular complexity index is 380. The van der Waals surface area contributed by atoms with Crippen LogP contribution < -0.4 is 0 Å². The molecule has 0 saturated heterocycles.